The molecule has 0 aliphatic heterocycles. The van der Waals surface area contributed by atoms with Crippen LogP contribution in [0.15, 0.2) is 0 Å². The normalized spacial score (nSPS) is 39.7. The molecule has 1 aromatic heterocycles. The van der Waals surface area contributed by atoms with Crippen LogP contribution in [0, 0.1) is 24.2 Å². The molecule has 0 aromatic carbocycles. The maximum absolute atomic E-state index is 13.5. The largest absolute Gasteiger partial charge is 0.353 e. The molecule has 1 heterocycles. The molecule has 6 rings (SSSR count). The summed E-state index contributed by atoms with van der Waals surface area (Å²) in [5.41, 5.74) is -0.274. The molecule has 142 valence electrons. The van der Waals surface area contributed by atoms with E-state index in [-0.39, 0.29) is 11.0 Å². The highest BCUT2D eigenvalue weighted by molar-refractivity contribution is 5.83. The van der Waals surface area contributed by atoms with Crippen molar-refractivity contribution < 1.29 is 4.79 Å². The molecule has 1 N–H and O–H groups in total. The molecule has 6 heteroatoms. The number of aromatic nitrogens is 4. The number of amides is 1. The number of carbonyl (C=O) groups is 1. The Morgan fingerprint density at radius 1 is 1.08 bits per heavy atom. The van der Waals surface area contributed by atoms with Gasteiger partial charge in [-0.15, -0.1) is 10.2 Å². The molecule has 0 spiro atoms. The maximum atomic E-state index is 13.5. The van der Waals surface area contributed by atoms with E-state index in [1.54, 1.807) is 0 Å². The molecule has 5 aliphatic carbocycles. The van der Waals surface area contributed by atoms with Crippen LogP contribution in [0.1, 0.15) is 82.9 Å². The summed E-state index contributed by atoms with van der Waals surface area (Å²) < 4.78 is 0. The van der Waals surface area contributed by atoms with Gasteiger partial charge < -0.3 is 5.32 Å². The van der Waals surface area contributed by atoms with Crippen LogP contribution in [-0.4, -0.2) is 32.2 Å². The zero-order valence-corrected chi connectivity index (χ0v) is 15.9. The fourth-order valence-corrected chi connectivity index (χ4v) is 6.96. The summed E-state index contributed by atoms with van der Waals surface area (Å²) in [6.07, 6.45) is 14.0. The maximum Gasteiger partial charge on any atom is 0.226 e. The van der Waals surface area contributed by atoms with Crippen molar-refractivity contribution in [2.24, 2.45) is 17.3 Å². The van der Waals surface area contributed by atoms with E-state index in [1.165, 1.54) is 32.1 Å². The van der Waals surface area contributed by atoms with E-state index < -0.39 is 0 Å². The minimum atomic E-state index is -0.197. The number of tetrazole rings is 1. The number of nitrogens with one attached hydrogen (secondary N) is 1. The number of aryl methyl sites for hydroxylation is 1. The highest BCUT2D eigenvalue weighted by Gasteiger charge is 2.62. The second kappa shape index (κ2) is 6.03. The summed E-state index contributed by atoms with van der Waals surface area (Å²) in [7, 11) is 0. The molecule has 5 aliphatic rings. The fraction of sp³-hybridized carbons (Fsp3) is 0.900. The standard InChI is InChI=1S/C20H31N5O/c1-14-22-24-25(23-14)20-11-15-8-16(12-20)10-19(9-15,13-20)18(26)21-17-6-4-2-3-5-7-17/h15-17H,2-13H2,1H3,(H,21,26). The van der Waals surface area contributed by atoms with E-state index in [2.05, 4.69) is 20.7 Å². The van der Waals surface area contributed by atoms with Crippen molar-refractivity contribution >= 4 is 5.91 Å². The van der Waals surface area contributed by atoms with E-state index in [4.69, 9.17) is 0 Å². The topological polar surface area (TPSA) is 72.7 Å². The van der Waals surface area contributed by atoms with Gasteiger partial charge in [-0.05, 0) is 75.3 Å². The van der Waals surface area contributed by atoms with Crippen molar-refractivity contribution in [3.63, 3.8) is 0 Å². The second-order valence-electron chi connectivity index (χ2n) is 9.75. The van der Waals surface area contributed by atoms with Gasteiger partial charge in [0, 0.05) is 6.04 Å². The molecule has 0 saturated heterocycles. The summed E-state index contributed by atoms with van der Waals surface area (Å²) in [6.45, 7) is 1.90. The van der Waals surface area contributed by atoms with Gasteiger partial charge in [0.15, 0.2) is 5.82 Å². The average Bonchev–Trinajstić information content (AvgIpc) is 2.88. The monoisotopic (exact) mass is 357 g/mol. The zero-order chi connectivity index (χ0) is 17.8. The summed E-state index contributed by atoms with van der Waals surface area (Å²) in [6, 6.07) is 0.390. The van der Waals surface area contributed by atoms with Gasteiger partial charge in [0.05, 0.1) is 11.0 Å². The molecule has 2 atom stereocenters. The Bertz CT molecular complexity index is 676. The van der Waals surface area contributed by atoms with Crippen molar-refractivity contribution in [1.29, 1.82) is 0 Å². The quantitative estimate of drug-likeness (QED) is 0.844. The van der Waals surface area contributed by atoms with Crippen LogP contribution in [0.2, 0.25) is 0 Å². The third kappa shape index (κ3) is 2.67. The lowest BCUT2D eigenvalue weighted by Gasteiger charge is -2.60. The van der Waals surface area contributed by atoms with Crippen molar-refractivity contribution in [1.82, 2.24) is 25.5 Å². The molecule has 6 nitrogen and oxygen atoms in total. The second-order valence-corrected chi connectivity index (χ2v) is 9.75. The van der Waals surface area contributed by atoms with Crippen LogP contribution >= 0.6 is 0 Å². The van der Waals surface area contributed by atoms with Gasteiger partial charge in [0.1, 0.15) is 0 Å². The Hall–Kier alpha value is -1.46. The third-order valence-electron chi connectivity index (χ3n) is 7.64. The van der Waals surface area contributed by atoms with E-state index in [1.807, 2.05) is 11.7 Å². The van der Waals surface area contributed by atoms with Gasteiger partial charge in [0.25, 0.3) is 0 Å². The number of hydrogen-bond acceptors (Lipinski definition) is 4. The third-order valence-corrected chi connectivity index (χ3v) is 7.64. The van der Waals surface area contributed by atoms with Crippen LogP contribution in [0.25, 0.3) is 0 Å². The van der Waals surface area contributed by atoms with Crippen LogP contribution in [0.3, 0.4) is 0 Å². The molecule has 26 heavy (non-hydrogen) atoms. The van der Waals surface area contributed by atoms with Gasteiger partial charge in [-0.25, -0.2) is 0 Å². The smallest absolute Gasteiger partial charge is 0.226 e. The van der Waals surface area contributed by atoms with E-state index in [0.29, 0.717) is 23.8 Å². The molecule has 5 fully saturated rings. The summed E-state index contributed by atoms with van der Waals surface area (Å²) in [4.78, 5) is 15.4. The summed E-state index contributed by atoms with van der Waals surface area (Å²) in [5, 5.41) is 16.6. The van der Waals surface area contributed by atoms with Crippen LogP contribution in [0.5, 0.6) is 0 Å². The van der Waals surface area contributed by atoms with Gasteiger partial charge in [0.2, 0.25) is 5.91 Å². The summed E-state index contributed by atoms with van der Waals surface area (Å²) >= 11 is 0. The van der Waals surface area contributed by atoms with Crippen LogP contribution < -0.4 is 5.32 Å². The van der Waals surface area contributed by atoms with Crippen LogP contribution in [0.4, 0.5) is 0 Å². The predicted molar refractivity (Wildman–Crippen MR) is 97.3 cm³/mol. The number of hydrogen-bond donors (Lipinski definition) is 1. The highest BCUT2D eigenvalue weighted by atomic mass is 16.2. The first-order valence-corrected chi connectivity index (χ1v) is 10.7. The Labute approximate surface area is 155 Å². The number of nitrogens with zero attached hydrogens (tertiary/aromatic N) is 4. The fourth-order valence-electron chi connectivity index (χ4n) is 6.96. The van der Waals surface area contributed by atoms with E-state index >= 15 is 0 Å². The SMILES string of the molecule is Cc1nnn(C23CC4CC(CC(C(=O)NC5CCCCCC5)(C4)C2)C3)n1. The number of carbonyl (C=O) groups excluding carboxylic acids is 1. The van der Waals surface area contributed by atoms with Gasteiger partial charge in [-0.1, -0.05) is 25.7 Å². The van der Waals surface area contributed by atoms with E-state index in [0.717, 1.165) is 50.8 Å². The molecular formula is C20H31N5O. The zero-order valence-electron chi connectivity index (χ0n) is 15.9. The minimum Gasteiger partial charge on any atom is -0.353 e. The molecule has 2 unspecified atom stereocenters. The summed E-state index contributed by atoms with van der Waals surface area (Å²) in [5.74, 6) is 2.35. The Morgan fingerprint density at radius 2 is 1.77 bits per heavy atom. The molecule has 1 amide bonds. The Kier molecular flexibility index (Phi) is 3.87. The van der Waals surface area contributed by atoms with Gasteiger partial charge >= 0.3 is 0 Å². The van der Waals surface area contributed by atoms with E-state index in [9.17, 15) is 4.79 Å². The molecule has 5 saturated carbocycles. The Balaban J connectivity index is 1.40. The molecule has 0 radical (unpaired) electrons. The molecule has 1 aromatic rings. The number of rotatable bonds is 3. The molecular weight excluding hydrogens is 326 g/mol. The first-order chi connectivity index (χ1) is 12.6. The lowest BCUT2D eigenvalue weighted by Crippen LogP contribution is -2.62. The van der Waals surface area contributed by atoms with Crippen LogP contribution in [-0.2, 0) is 10.3 Å². The van der Waals surface area contributed by atoms with Crippen molar-refractivity contribution in [3.05, 3.63) is 5.82 Å². The first kappa shape index (κ1) is 16.7. The lowest BCUT2D eigenvalue weighted by molar-refractivity contribution is -0.158. The van der Waals surface area contributed by atoms with Gasteiger partial charge in [-0.3, -0.25) is 4.79 Å². The first-order valence-electron chi connectivity index (χ1n) is 10.7. The highest BCUT2D eigenvalue weighted by Crippen LogP contribution is 2.64. The van der Waals surface area contributed by atoms with Crippen molar-refractivity contribution in [3.8, 4) is 0 Å². The Morgan fingerprint density at radius 3 is 2.38 bits per heavy atom. The molecule has 4 bridgehead atoms. The van der Waals surface area contributed by atoms with Crippen molar-refractivity contribution in [2.45, 2.75) is 95.6 Å². The predicted octanol–water partition coefficient (Wildman–Crippen LogP) is 3.12. The van der Waals surface area contributed by atoms with Gasteiger partial charge in [-0.2, -0.15) is 4.80 Å². The van der Waals surface area contributed by atoms with Crippen molar-refractivity contribution in [2.75, 3.05) is 0 Å². The lowest BCUT2D eigenvalue weighted by atomic mass is 9.46. The minimum absolute atomic E-state index is 0.0772. The average molecular weight is 358 g/mol.